The van der Waals surface area contributed by atoms with Crippen LogP contribution in [0.1, 0.15) is 33.7 Å². The predicted molar refractivity (Wildman–Crippen MR) is 53.5 cm³/mol. The molecule has 4 nitrogen and oxygen atoms in total. The fourth-order valence-electron chi connectivity index (χ4n) is 1.16. The first-order valence-electron chi connectivity index (χ1n) is 4.02. The van der Waals surface area contributed by atoms with Gasteiger partial charge in [-0.2, -0.15) is 5.26 Å². The maximum Gasteiger partial charge on any atom is 0.354 e. The van der Waals surface area contributed by atoms with Crippen molar-refractivity contribution in [1.29, 1.82) is 5.26 Å². The lowest BCUT2D eigenvalue weighted by Crippen LogP contribution is -2.09. The van der Waals surface area contributed by atoms with Crippen molar-refractivity contribution in [3.63, 3.8) is 0 Å². The van der Waals surface area contributed by atoms with E-state index in [-0.39, 0.29) is 16.6 Å². The van der Waals surface area contributed by atoms with Crippen molar-refractivity contribution in [3.8, 4) is 6.07 Å². The Labute approximate surface area is 97.7 Å². The number of pyridine rings is 1. The molecule has 0 aliphatic rings. The highest BCUT2D eigenvalue weighted by Crippen LogP contribution is 2.27. The summed E-state index contributed by atoms with van der Waals surface area (Å²) in [5.41, 5.74) is -1.45. The number of carboxylic acids is 1. The van der Waals surface area contributed by atoms with E-state index in [2.05, 4.69) is 20.9 Å². The molecule has 0 atom stereocenters. The Balaban J connectivity index is 3.54. The van der Waals surface area contributed by atoms with Crippen molar-refractivity contribution < 1.29 is 18.7 Å². The van der Waals surface area contributed by atoms with Crippen LogP contribution in [0.25, 0.3) is 0 Å². The van der Waals surface area contributed by atoms with Crippen molar-refractivity contribution in [1.82, 2.24) is 4.98 Å². The Hall–Kier alpha value is -1.55. The number of carbonyl (C=O) groups is 1. The van der Waals surface area contributed by atoms with Gasteiger partial charge >= 0.3 is 5.97 Å². The molecule has 0 fully saturated rings. The molecule has 0 aromatic carbocycles. The minimum Gasteiger partial charge on any atom is -0.477 e. The molecular weight excluding hydrogens is 286 g/mol. The van der Waals surface area contributed by atoms with E-state index in [1.807, 2.05) is 0 Å². The molecule has 0 bridgehead atoms. The van der Waals surface area contributed by atoms with Gasteiger partial charge in [-0.1, -0.05) is 15.9 Å². The first-order chi connectivity index (χ1) is 7.51. The lowest BCUT2D eigenvalue weighted by molar-refractivity contribution is 0.0688. The van der Waals surface area contributed by atoms with Crippen LogP contribution in [0.5, 0.6) is 0 Å². The molecule has 0 amide bonds. The molecule has 7 heteroatoms. The van der Waals surface area contributed by atoms with Crippen molar-refractivity contribution >= 4 is 21.9 Å². The molecule has 16 heavy (non-hydrogen) atoms. The van der Waals surface area contributed by atoms with Gasteiger partial charge in [-0.05, 0) is 6.07 Å². The van der Waals surface area contributed by atoms with Crippen LogP contribution < -0.4 is 0 Å². The number of aromatic carboxylic acids is 1. The molecule has 0 saturated heterocycles. The van der Waals surface area contributed by atoms with Gasteiger partial charge in [0.25, 0.3) is 6.43 Å². The smallest absolute Gasteiger partial charge is 0.354 e. The van der Waals surface area contributed by atoms with Gasteiger partial charge < -0.3 is 5.11 Å². The summed E-state index contributed by atoms with van der Waals surface area (Å²) in [5.74, 6) is -1.44. The molecule has 0 radical (unpaired) electrons. The molecule has 1 rings (SSSR count). The van der Waals surface area contributed by atoms with Crippen LogP contribution in [0, 0.1) is 11.3 Å². The van der Waals surface area contributed by atoms with Gasteiger partial charge in [0.15, 0.2) is 5.69 Å². The largest absolute Gasteiger partial charge is 0.477 e. The molecule has 1 heterocycles. The number of nitriles is 1. The summed E-state index contributed by atoms with van der Waals surface area (Å²) in [5, 5.41) is 17.3. The van der Waals surface area contributed by atoms with Gasteiger partial charge in [0.05, 0.1) is 0 Å². The number of carboxylic acid groups (broad SMARTS) is 1. The maximum absolute atomic E-state index is 12.6. The van der Waals surface area contributed by atoms with E-state index in [4.69, 9.17) is 10.4 Å². The molecule has 1 N–H and O–H groups in total. The second-order valence-electron chi connectivity index (χ2n) is 2.78. The van der Waals surface area contributed by atoms with Crippen molar-refractivity contribution in [2.24, 2.45) is 0 Å². The number of alkyl halides is 3. The van der Waals surface area contributed by atoms with Crippen molar-refractivity contribution in [2.45, 2.75) is 11.8 Å². The summed E-state index contributed by atoms with van der Waals surface area (Å²) in [7, 11) is 0. The van der Waals surface area contributed by atoms with Gasteiger partial charge in [0.1, 0.15) is 11.8 Å². The van der Waals surface area contributed by atoms with Crippen LogP contribution in [0.2, 0.25) is 0 Å². The highest BCUT2D eigenvalue weighted by molar-refractivity contribution is 9.08. The second kappa shape index (κ2) is 4.99. The van der Waals surface area contributed by atoms with Crippen LogP contribution in [0.3, 0.4) is 0 Å². The van der Waals surface area contributed by atoms with Crippen LogP contribution in [-0.4, -0.2) is 16.1 Å². The number of hydrogen-bond donors (Lipinski definition) is 1. The summed E-state index contributed by atoms with van der Waals surface area (Å²) in [6, 6.07) is 2.44. The van der Waals surface area contributed by atoms with Gasteiger partial charge in [-0.25, -0.2) is 18.6 Å². The zero-order valence-corrected chi connectivity index (χ0v) is 9.33. The average Bonchev–Trinajstić information content (AvgIpc) is 2.26. The Kier molecular flexibility index (Phi) is 3.90. The standard InChI is InChI=1S/C9H5BrF2N2O2/c10-2-6-5(8(11)12)1-4(3-13)14-7(6)9(15)16/h1,8H,2H2,(H,15,16). The first-order valence-corrected chi connectivity index (χ1v) is 5.14. The number of nitrogens with zero attached hydrogens (tertiary/aromatic N) is 2. The highest BCUT2D eigenvalue weighted by Gasteiger charge is 2.22. The molecule has 1 aromatic rings. The third kappa shape index (κ3) is 2.33. The fourth-order valence-corrected chi connectivity index (χ4v) is 1.75. The summed E-state index contributed by atoms with van der Waals surface area (Å²) in [6.45, 7) is 0. The third-order valence-electron chi connectivity index (χ3n) is 1.84. The van der Waals surface area contributed by atoms with E-state index < -0.39 is 23.7 Å². The van der Waals surface area contributed by atoms with Crippen molar-refractivity contribution in [2.75, 3.05) is 0 Å². The number of aromatic nitrogens is 1. The second-order valence-corrected chi connectivity index (χ2v) is 3.34. The van der Waals surface area contributed by atoms with E-state index >= 15 is 0 Å². The Morgan fingerprint density at radius 3 is 2.69 bits per heavy atom. The first kappa shape index (κ1) is 12.5. The van der Waals surface area contributed by atoms with E-state index in [1.54, 1.807) is 6.07 Å². The molecule has 0 aliphatic heterocycles. The summed E-state index contributed by atoms with van der Waals surface area (Å²) < 4.78 is 25.2. The number of hydrogen-bond acceptors (Lipinski definition) is 3. The minimum absolute atomic E-state index is 0.0625. The highest BCUT2D eigenvalue weighted by atomic mass is 79.9. The van der Waals surface area contributed by atoms with Crippen LogP contribution in [0.15, 0.2) is 6.07 Å². The molecule has 0 aliphatic carbocycles. The van der Waals surface area contributed by atoms with E-state index in [1.165, 1.54) is 0 Å². The summed E-state index contributed by atoms with van der Waals surface area (Å²) >= 11 is 2.92. The van der Waals surface area contributed by atoms with E-state index in [0.29, 0.717) is 0 Å². The van der Waals surface area contributed by atoms with Gasteiger partial charge in [-0.15, -0.1) is 0 Å². The topological polar surface area (TPSA) is 74.0 Å². The lowest BCUT2D eigenvalue weighted by Gasteiger charge is -2.09. The number of halogens is 3. The molecule has 0 saturated carbocycles. The SMILES string of the molecule is N#Cc1cc(C(F)F)c(CBr)c(C(=O)O)n1. The van der Waals surface area contributed by atoms with Gasteiger partial charge in [0, 0.05) is 16.5 Å². The Morgan fingerprint density at radius 2 is 2.31 bits per heavy atom. The maximum atomic E-state index is 12.6. The molecule has 1 aromatic heterocycles. The fraction of sp³-hybridized carbons (Fsp3) is 0.222. The normalized spacial score (nSPS) is 10.2. The average molecular weight is 291 g/mol. The van der Waals surface area contributed by atoms with Crippen LogP contribution in [-0.2, 0) is 5.33 Å². The summed E-state index contributed by atoms with van der Waals surface area (Å²) in [6.07, 6.45) is -2.85. The minimum atomic E-state index is -2.85. The van der Waals surface area contributed by atoms with Crippen LogP contribution in [0.4, 0.5) is 8.78 Å². The number of rotatable bonds is 3. The van der Waals surface area contributed by atoms with E-state index in [9.17, 15) is 13.6 Å². The van der Waals surface area contributed by atoms with E-state index in [0.717, 1.165) is 6.07 Å². The molecule has 84 valence electrons. The zero-order chi connectivity index (χ0) is 12.3. The zero-order valence-electron chi connectivity index (χ0n) is 7.75. The van der Waals surface area contributed by atoms with Gasteiger partial charge in [-0.3, -0.25) is 0 Å². The monoisotopic (exact) mass is 290 g/mol. The molecule has 0 unspecified atom stereocenters. The van der Waals surface area contributed by atoms with Crippen molar-refractivity contribution in [3.05, 3.63) is 28.6 Å². The molecular formula is C9H5BrF2N2O2. The predicted octanol–water partition coefficient (Wildman–Crippen LogP) is 2.48. The Morgan fingerprint density at radius 1 is 1.69 bits per heavy atom. The van der Waals surface area contributed by atoms with Gasteiger partial charge in [0.2, 0.25) is 0 Å². The Bertz CT molecular complexity index is 471. The van der Waals surface area contributed by atoms with Crippen LogP contribution >= 0.6 is 15.9 Å². The molecule has 0 spiro atoms. The summed E-state index contributed by atoms with van der Waals surface area (Å²) in [4.78, 5) is 14.3. The third-order valence-corrected chi connectivity index (χ3v) is 2.41. The quantitative estimate of drug-likeness (QED) is 0.868. The lowest BCUT2D eigenvalue weighted by atomic mass is 10.1.